The molecule has 1 aromatic carbocycles. The molecule has 5 heteroatoms. The van der Waals surface area contributed by atoms with Crippen LogP contribution in [-0.4, -0.2) is 22.0 Å². The molecule has 1 amide bonds. The molecular formula is C21H24N2O3. The summed E-state index contributed by atoms with van der Waals surface area (Å²) in [6.45, 7) is 8.92. The lowest BCUT2D eigenvalue weighted by atomic mass is 9.63. The minimum Gasteiger partial charge on any atom is -0.478 e. The van der Waals surface area contributed by atoms with Gasteiger partial charge in [0.25, 0.3) is 5.91 Å². The quantitative estimate of drug-likeness (QED) is 0.859. The van der Waals surface area contributed by atoms with Crippen LogP contribution in [0.2, 0.25) is 0 Å². The number of amides is 1. The Morgan fingerprint density at radius 3 is 2.15 bits per heavy atom. The molecule has 3 rings (SSSR count). The fourth-order valence-corrected chi connectivity index (χ4v) is 3.51. The predicted molar refractivity (Wildman–Crippen MR) is 101 cm³/mol. The number of benzene rings is 1. The van der Waals surface area contributed by atoms with E-state index in [0.717, 1.165) is 12.8 Å². The van der Waals surface area contributed by atoms with Crippen LogP contribution in [0.5, 0.6) is 0 Å². The molecule has 0 aliphatic heterocycles. The maximum atomic E-state index is 12.6. The first-order valence-electron chi connectivity index (χ1n) is 8.76. The van der Waals surface area contributed by atoms with Gasteiger partial charge in [0.15, 0.2) is 0 Å². The van der Waals surface area contributed by atoms with Crippen LogP contribution in [0.15, 0.2) is 36.5 Å². The van der Waals surface area contributed by atoms with Crippen molar-refractivity contribution in [2.45, 2.75) is 51.4 Å². The van der Waals surface area contributed by atoms with E-state index in [1.54, 1.807) is 0 Å². The topological polar surface area (TPSA) is 79.3 Å². The highest BCUT2D eigenvalue weighted by molar-refractivity contribution is 6.04. The summed E-state index contributed by atoms with van der Waals surface area (Å²) < 4.78 is 0. The number of hydrogen-bond acceptors (Lipinski definition) is 3. The van der Waals surface area contributed by atoms with Crippen LogP contribution >= 0.6 is 0 Å². The number of carbonyl (C=O) groups excluding carboxylic acids is 1. The number of hydrogen-bond donors (Lipinski definition) is 2. The minimum absolute atomic E-state index is 0.0303. The summed E-state index contributed by atoms with van der Waals surface area (Å²) in [6, 6.07) is 8.81. The van der Waals surface area contributed by atoms with Crippen molar-refractivity contribution in [3.8, 4) is 0 Å². The second-order valence-corrected chi connectivity index (χ2v) is 8.22. The monoisotopic (exact) mass is 352 g/mol. The van der Waals surface area contributed by atoms with Gasteiger partial charge in [0.1, 0.15) is 5.82 Å². The molecule has 0 unspecified atom stereocenters. The zero-order chi connectivity index (χ0) is 19.1. The first-order valence-corrected chi connectivity index (χ1v) is 8.76. The van der Waals surface area contributed by atoms with E-state index in [4.69, 9.17) is 5.11 Å². The average molecular weight is 352 g/mol. The summed E-state index contributed by atoms with van der Waals surface area (Å²) >= 11 is 0. The number of aromatic nitrogens is 1. The van der Waals surface area contributed by atoms with Crippen LogP contribution in [-0.2, 0) is 10.8 Å². The fourth-order valence-electron chi connectivity index (χ4n) is 3.51. The highest BCUT2D eigenvalue weighted by atomic mass is 16.4. The van der Waals surface area contributed by atoms with Gasteiger partial charge >= 0.3 is 5.97 Å². The summed E-state index contributed by atoms with van der Waals surface area (Å²) in [5, 5.41) is 11.6. The summed E-state index contributed by atoms with van der Waals surface area (Å²) in [7, 11) is 0. The number of nitrogens with zero attached hydrogens (tertiary/aromatic N) is 1. The number of carbonyl (C=O) groups is 2. The Balaban J connectivity index is 1.88. The lowest BCUT2D eigenvalue weighted by molar-refractivity contribution is 0.0696. The molecule has 0 bridgehead atoms. The number of fused-ring (bicyclic) bond motifs is 1. The lowest BCUT2D eigenvalue weighted by Gasteiger charge is -2.42. The fraction of sp³-hybridized carbons (Fsp3) is 0.381. The van der Waals surface area contributed by atoms with Gasteiger partial charge in [-0.25, -0.2) is 9.78 Å². The third-order valence-electron chi connectivity index (χ3n) is 5.37. The highest BCUT2D eigenvalue weighted by Crippen LogP contribution is 2.45. The first kappa shape index (κ1) is 18.1. The number of aromatic carboxylic acids is 1. The van der Waals surface area contributed by atoms with Crippen molar-refractivity contribution < 1.29 is 14.7 Å². The maximum absolute atomic E-state index is 12.6. The number of carboxylic acid groups (broad SMARTS) is 1. The Morgan fingerprint density at radius 1 is 0.962 bits per heavy atom. The average Bonchev–Trinajstić information content (AvgIpc) is 2.59. The predicted octanol–water partition coefficient (Wildman–Crippen LogP) is 4.38. The molecule has 1 heterocycles. The minimum atomic E-state index is -1.05. The third kappa shape index (κ3) is 3.34. The zero-order valence-corrected chi connectivity index (χ0v) is 15.6. The van der Waals surface area contributed by atoms with E-state index in [9.17, 15) is 9.59 Å². The Bertz CT molecular complexity index is 867. The van der Waals surface area contributed by atoms with Crippen molar-refractivity contribution in [3.05, 3.63) is 58.8 Å². The zero-order valence-electron chi connectivity index (χ0n) is 15.6. The summed E-state index contributed by atoms with van der Waals surface area (Å²) in [4.78, 5) is 27.5. The third-order valence-corrected chi connectivity index (χ3v) is 5.37. The molecule has 0 radical (unpaired) electrons. The smallest absolute Gasteiger partial charge is 0.337 e. The molecule has 1 aliphatic rings. The van der Waals surface area contributed by atoms with Gasteiger partial charge in [-0.15, -0.1) is 0 Å². The molecule has 2 aromatic rings. The number of carboxylic acids is 1. The molecular weight excluding hydrogens is 328 g/mol. The number of rotatable bonds is 3. The van der Waals surface area contributed by atoms with Crippen molar-refractivity contribution in [2.75, 3.05) is 5.32 Å². The van der Waals surface area contributed by atoms with Gasteiger partial charge in [-0.1, -0.05) is 33.8 Å². The molecule has 0 saturated heterocycles. The van der Waals surface area contributed by atoms with E-state index in [-0.39, 0.29) is 22.3 Å². The Hall–Kier alpha value is -2.69. The summed E-state index contributed by atoms with van der Waals surface area (Å²) in [6.07, 6.45) is 3.44. The number of nitrogens with one attached hydrogen (secondary N) is 1. The van der Waals surface area contributed by atoms with Crippen LogP contribution in [0.4, 0.5) is 5.82 Å². The molecule has 1 aliphatic carbocycles. The van der Waals surface area contributed by atoms with E-state index >= 15 is 0 Å². The van der Waals surface area contributed by atoms with Crippen molar-refractivity contribution in [3.63, 3.8) is 0 Å². The van der Waals surface area contributed by atoms with Crippen molar-refractivity contribution >= 4 is 17.7 Å². The molecule has 136 valence electrons. The normalized spacial score (nSPS) is 17.2. The Labute approximate surface area is 153 Å². The van der Waals surface area contributed by atoms with Crippen molar-refractivity contribution in [2.24, 2.45) is 0 Å². The molecule has 2 N–H and O–H groups in total. The molecule has 0 fully saturated rings. The Kier molecular flexibility index (Phi) is 4.34. The van der Waals surface area contributed by atoms with Gasteiger partial charge in [-0.05, 0) is 59.1 Å². The maximum Gasteiger partial charge on any atom is 0.337 e. The van der Waals surface area contributed by atoms with Crippen LogP contribution in [0, 0.1) is 0 Å². The Morgan fingerprint density at radius 2 is 1.58 bits per heavy atom. The second-order valence-electron chi connectivity index (χ2n) is 8.22. The van der Waals surface area contributed by atoms with E-state index in [2.05, 4.69) is 44.1 Å². The molecule has 0 atom stereocenters. The van der Waals surface area contributed by atoms with Gasteiger partial charge in [0, 0.05) is 11.8 Å². The number of pyridine rings is 1. The van der Waals surface area contributed by atoms with Crippen molar-refractivity contribution in [1.82, 2.24) is 4.98 Å². The lowest BCUT2D eigenvalue weighted by Crippen LogP contribution is -2.34. The van der Waals surface area contributed by atoms with Gasteiger partial charge in [0.05, 0.1) is 5.56 Å². The first-order chi connectivity index (χ1) is 12.1. The van der Waals surface area contributed by atoms with Crippen LogP contribution in [0.25, 0.3) is 0 Å². The van der Waals surface area contributed by atoms with Crippen LogP contribution in [0.1, 0.15) is 72.4 Å². The van der Waals surface area contributed by atoms with E-state index in [0.29, 0.717) is 11.4 Å². The molecule has 5 nitrogen and oxygen atoms in total. The van der Waals surface area contributed by atoms with Gasteiger partial charge in [-0.3, -0.25) is 4.79 Å². The summed E-state index contributed by atoms with van der Waals surface area (Å²) in [5.41, 5.74) is 3.32. The standard InChI is InChI=1S/C21H24N2O3/c1-20(2)9-10-21(3,4)16-11-13(5-7-15(16)20)18(24)23-17-8-6-14(12-22-17)19(25)26/h5-8,11-12H,9-10H2,1-4H3,(H,25,26)(H,22,23,24). The van der Waals surface area contributed by atoms with Gasteiger partial charge in [-0.2, -0.15) is 0 Å². The second kappa shape index (κ2) is 6.24. The molecule has 0 saturated carbocycles. The van der Waals surface area contributed by atoms with Crippen molar-refractivity contribution in [1.29, 1.82) is 0 Å². The largest absolute Gasteiger partial charge is 0.478 e. The summed E-state index contributed by atoms with van der Waals surface area (Å²) in [5.74, 6) is -0.963. The van der Waals surface area contributed by atoms with Crippen LogP contribution < -0.4 is 5.32 Å². The van der Waals surface area contributed by atoms with Gasteiger partial charge < -0.3 is 10.4 Å². The highest BCUT2D eigenvalue weighted by Gasteiger charge is 2.37. The van der Waals surface area contributed by atoms with E-state index < -0.39 is 5.97 Å². The number of anilines is 1. The molecule has 1 aromatic heterocycles. The SMILES string of the molecule is CC1(C)CCC(C)(C)c2cc(C(=O)Nc3ccc(C(=O)O)cn3)ccc21. The van der Waals surface area contributed by atoms with E-state index in [1.807, 2.05) is 12.1 Å². The molecule has 26 heavy (non-hydrogen) atoms. The molecule has 0 spiro atoms. The van der Waals surface area contributed by atoms with Gasteiger partial charge in [0.2, 0.25) is 0 Å². The van der Waals surface area contributed by atoms with Crippen LogP contribution in [0.3, 0.4) is 0 Å². The van der Waals surface area contributed by atoms with E-state index in [1.165, 1.54) is 29.5 Å².